The third kappa shape index (κ3) is 10.0. The van der Waals surface area contributed by atoms with Gasteiger partial charge in [-0.25, -0.2) is 18.6 Å². The first kappa shape index (κ1) is 39.7. The number of guanidine groups is 1. The molecule has 1 heterocycles. The van der Waals surface area contributed by atoms with Crippen LogP contribution >= 0.6 is 35.0 Å². The predicted molar refractivity (Wildman–Crippen MR) is 201 cm³/mol. The fourth-order valence-corrected chi connectivity index (χ4v) is 7.68. The van der Waals surface area contributed by atoms with Crippen LogP contribution in [0.4, 0.5) is 8.78 Å². The fourth-order valence-electron chi connectivity index (χ4n) is 6.10. The van der Waals surface area contributed by atoms with Crippen molar-refractivity contribution in [3.8, 4) is 5.75 Å². The Balaban J connectivity index is 1.54. The molecule has 3 unspecified atom stereocenters. The van der Waals surface area contributed by atoms with Crippen molar-refractivity contribution in [1.29, 1.82) is 0 Å². The number of ether oxygens (including phenoxy) is 1. The second-order valence-corrected chi connectivity index (χ2v) is 14.6. The number of amides is 1. The van der Waals surface area contributed by atoms with E-state index in [9.17, 15) is 19.1 Å². The van der Waals surface area contributed by atoms with E-state index in [0.717, 1.165) is 27.8 Å². The van der Waals surface area contributed by atoms with E-state index in [0.29, 0.717) is 17.2 Å². The Morgan fingerprint density at radius 1 is 1.12 bits per heavy atom. The Bertz CT molecular complexity index is 1830. The molecule has 0 radical (unpaired) electrons. The second kappa shape index (κ2) is 17.4. The van der Waals surface area contributed by atoms with Crippen LogP contribution in [0.3, 0.4) is 0 Å². The Morgan fingerprint density at radius 2 is 1.82 bits per heavy atom. The smallest absolute Gasteiger partial charge is 0.328 e. The number of carboxylic acid groups (broad SMARTS) is 1. The van der Waals surface area contributed by atoms with E-state index >= 15 is 4.39 Å². The van der Waals surface area contributed by atoms with Crippen molar-refractivity contribution in [2.24, 2.45) is 27.4 Å². The second-order valence-electron chi connectivity index (χ2n) is 12.7. The minimum Gasteiger partial charge on any atom is -0.495 e. The van der Waals surface area contributed by atoms with Gasteiger partial charge in [-0.05, 0) is 77.8 Å². The maximum atomic E-state index is 15.5. The summed E-state index contributed by atoms with van der Waals surface area (Å²) in [5, 5.41) is 13.2. The summed E-state index contributed by atoms with van der Waals surface area (Å²) in [6, 6.07) is 13.5. The van der Waals surface area contributed by atoms with Gasteiger partial charge in [0.25, 0.3) is 5.91 Å². The number of hydrogen-bond acceptors (Lipinski definition) is 6. The first-order valence-corrected chi connectivity index (χ1v) is 17.9. The number of carboxylic acids is 1. The average Bonchev–Trinajstić information content (AvgIpc) is 3.24. The number of benzene rings is 3. The summed E-state index contributed by atoms with van der Waals surface area (Å²) in [7, 11) is 1.57. The minimum atomic E-state index is -1.19. The molecule has 3 aromatic rings. The Kier molecular flexibility index (Phi) is 13.5. The van der Waals surface area contributed by atoms with E-state index in [1.165, 1.54) is 30.0 Å². The van der Waals surface area contributed by atoms with E-state index in [1.807, 2.05) is 24.4 Å². The zero-order valence-electron chi connectivity index (χ0n) is 28.7. The summed E-state index contributed by atoms with van der Waals surface area (Å²) in [4.78, 5) is 32.6. The van der Waals surface area contributed by atoms with Gasteiger partial charge in [0.15, 0.2) is 12.0 Å². The molecule has 51 heavy (non-hydrogen) atoms. The van der Waals surface area contributed by atoms with Crippen LogP contribution in [-0.2, 0) is 16.0 Å². The summed E-state index contributed by atoms with van der Waals surface area (Å²) in [5.41, 5.74) is 13.3. The highest BCUT2D eigenvalue weighted by molar-refractivity contribution is 8.13. The quantitative estimate of drug-likeness (QED) is 0.0787. The molecule has 14 heteroatoms. The number of rotatable bonds is 13. The lowest BCUT2D eigenvalue weighted by Crippen LogP contribution is -2.30. The summed E-state index contributed by atoms with van der Waals surface area (Å²) < 4.78 is 34.9. The molecule has 1 aliphatic heterocycles. The molecular formula is C37H41Cl2F2N5O4S. The van der Waals surface area contributed by atoms with Crippen molar-refractivity contribution < 1.29 is 28.2 Å². The molecule has 1 aliphatic rings. The van der Waals surface area contributed by atoms with Gasteiger partial charge in [0.05, 0.1) is 17.2 Å². The molecule has 1 amide bonds. The van der Waals surface area contributed by atoms with Crippen LogP contribution in [-0.4, -0.2) is 47.7 Å². The molecule has 0 fully saturated rings. The number of allylic oxidation sites excluding steroid dienone is 1. The molecule has 0 spiro atoms. The van der Waals surface area contributed by atoms with Gasteiger partial charge in [-0.3, -0.25) is 9.79 Å². The van der Waals surface area contributed by atoms with E-state index < -0.39 is 29.2 Å². The first-order valence-electron chi connectivity index (χ1n) is 16.2. The molecule has 9 nitrogen and oxygen atoms in total. The summed E-state index contributed by atoms with van der Waals surface area (Å²) in [5.74, 6) is -2.45. The van der Waals surface area contributed by atoms with Gasteiger partial charge >= 0.3 is 5.97 Å². The molecule has 3 atom stereocenters. The molecule has 4 rings (SSSR count). The standard InChI is InChI=1S/C37H41Cl2F2N5O4S/c1-20-25(21-7-10-24(40)11-8-21)17-33(45-18-27(20)37(2,3)23-9-12-28(38)32(16-23)50-4)51-19-26-29(39)14-22(15-30(26)41)34(47)44-13-5-6-31(35(48)49)46-36(42)43/h7-12,14-16,18,20,25,31H,5-6,13,17,19H2,1-4H3,(H,44,47)(H,48,49)(H4,42,43,46). The predicted octanol–water partition coefficient (Wildman–Crippen LogP) is 7.83. The molecule has 0 saturated heterocycles. The monoisotopic (exact) mass is 759 g/mol. The number of thioether (sulfide) groups is 1. The van der Waals surface area contributed by atoms with Gasteiger partial charge in [-0.2, -0.15) is 0 Å². The molecule has 0 aliphatic carbocycles. The van der Waals surface area contributed by atoms with Crippen LogP contribution in [0.2, 0.25) is 10.0 Å². The average molecular weight is 761 g/mol. The zero-order valence-corrected chi connectivity index (χ0v) is 31.0. The van der Waals surface area contributed by atoms with Gasteiger partial charge in [-0.1, -0.05) is 62.2 Å². The highest BCUT2D eigenvalue weighted by Crippen LogP contribution is 2.46. The normalized spacial score (nSPS) is 16.7. The topological polar surface area (TPSA) is 152 Å². The largest absolute Gasteiger partial charge is 0.495 e. The molecular weight excluding hydrogens is 719 g/mol. The number of hydrogen-bond donors (Lipinski definition) is 4. The number of aliphatic imine (C=N–C) groups is 2. The highest BCUT2D eigenvalue weighted by Gasteiger charge is 2.36. The van der Waals surface area contributed by atoms with Crippen molar-refractivity contribution in [2.75, 3.05) is 13.7 Å². The third-order valence-electron chi connectivity index (χ3n) is 9.05. The number of nitrogens with two attached hydrogens (primary N) is 2. The summed E-state index contributed by atoms with van der Waals surface area (Å²) in [6.07, 6.45) is 2.75. The molecule has 0 aromatic heterocycles. The third-order valence-corrected chi connectivity index (χ3v) is 10.7. The minimum absolute atomic E-state index is 0.0198. The highest BCUT2D eigenvalue weighted by atomic mass is 35.5. The van der Waals surface area contributed by atoms with Gasteiger partial charge in [-0.15, -0.1) is 11.8 Å². The van der Waals surface area contributed by atoms with E-state index in [-0.39, 0.29) is 64.9 Å². The lowest BCUT2D eigenvalue weighted by atomic mass is 9.68. The van der Waals surface area contributed by atoms with E-state index in [4.69, 9.17) is 44.4 Å². The SMILES string of the molecule is COc1cc(C(C)(C)C2=CN=C(SCc3c(F)cc(C(=O)NCCCC(N=C(N)N)C(=O)O)cc3Cl)CC(c3ccc(F)cc3)C2C)ccc1Cl. The summed E-state index contributed by atoms with van der Waals surface area (Å²) >= 11 is 14.2. The van der Waals surface area contributed by atoms with Crippen molar-refractivity contribution in [3.05, 3.63) is 110 Å². The van der Waals surface area contributed by atoms with Crippen LogP contribution in [0.5, 0.6) is 5.75 Å². The molecule has 0 bridgehead atoms. The maximum Gasteiger partial charge on any atom is 0.328 e. The van der Waals surface area contributed by atoms with Crippen molar-refractivity contribution >= 4 is 57.8 Å². The van der Waals surface area contributed by atoms with Crippen LogP contribution < -0.4 is 21.5 Å². The number of nitrogens with zero attached hydrogens (tertiary/aromatic N) is 2. The molecule has 0 saturated carbocycles. The van der Waals surface area contributed by atoms with Gasteiger partial charge in [0, 0.05) is 46.5 Å². The van der Waals surface area contributed by atoms with Crippen molar-refractivity contribution in [1.82, 2.24) is 5.32 Å². The number of halogens is 4. The molecule has 3 aromatic carbocycles. The maximum absolute atomic E-state index is 15.5. The van der Waals surface area contributed by atoms with Crippen molar-refractivity contribution in [2.45, 2.75) is 63.2 Å². The fraction of sp³-hybridized carbons (Fsp3) is 0.351. The molecule has 272 valence electrons. The number of carbonyl (C=O) groups is 2. The first-order chi connectivity index (χ1) is 24.1. The van der Waals surface area contributed by atoms with Crippen LogP contribution in [0.15, 0.2) is 76.4 Å². The van der Waals surface area contributed by atoms with E-state index in [1.54, 1.807) is 19.2 Å². The lowest BCUT2D eigenvalue weighted by Gasteiger charge is -2.35. The zero-order chi connectivity index (χ0) is 37.5. The van der Waals surface area contributed by atoms with Crippen LogP contribution in [0.1, 0.15) is 73.0 Å². The number of carbonyl (C=O) groups excluding carboxylic acids is 1. The van der Waals surface area contributed by atoms with Crippen LogP contribution in [0, 0.1) is 17.6 Å². The Labute approximate surface area is 310 Å². The van der Waals surface area contributed by atoms with Crippen LogP contribution in [0.25, 0.3) is 0 Å². The molecule has 6 N–H and O–H groups in total. The Hall–Kier alpha value is -4.13. The van der Waals surface area contributed by atoms with Gasteiger partial charge in [0.1, 0.15) is 17.4 Å². The summed E-state index contributed by atoms with van der Waals surface area (Å²) in [6.45, 7) is 6.47. The lowest BCUT2D eigenvalue weighted by molar-refractivity contribution is -0.138. The Morgan fingerprint density at radius 3 is 2.45 bits per heavy atom. The number of aliphatic carboxylic acids is 1. The van der Waals surface area contributed by atoms with Gasteiger partial charge in [0.2, 0.25) is 0 Å². The van der Waals surface area contributed by atoms with Gasteiger partial charge < -0.3 is 26.6 Å². The number of nitrogens with one attached hydrogen (secondary N) is 1. The van der Waals surface area contributed by atoms with E-state index in [2.05, 4.69) is 31.1 Å². The number of methoxy groups -OCH3 is 1. The van der Waals surface area contributed by atoms with Crippen molar-refractivity contribution in [3.63, 3.8) is 0 Å².